The quantitative estimate of drug-likeness (QED) is 0.851. The molecule has 2 amide bonds. The average molecular weight is 367 g/mol. The van der Waals surface area contributed by atoms with Crippen LogP contribution in [0, 0.1) is 6.92 Å². The van der Waals surface area contributed by atoms with Crippen molar-refractivity contribution in [1.29, 1.82) is 0 Å². The topological polar surface area (TPSA) is 44.4 Å². The largest absolute Gasteiger partial charge is 1.00 e. The Morgan fingerprint density at radius 1 is 1.04 bits per heavy atom. The van der Waals surface area contributed by atoms with Gasteiger partial charge in [0.25, 0.3) is 0 Å². The van der Waals surface area contributed by atoms with E-state index in [4.69, 9.17) is 11.6 Å². The second kappa shape index (κ2) is 9.40. The number of aryl methyl sites for hydroxylation is 1. The zero-order chi connectivity index (χ0) is 16.8. The lowest BCUT2D eigenvalue weighted by molar-refractivity contribution is -0.00000761. The van der Waals surface area contributed by atoms with Crippen molar-refractivity contribution in [3.05, 3.63) is 53.1 Å². The number of carbonyl (C=O) groups excluding carboxylic acids is 1. The number of carbonyl (C=O) groups is 1. The van der Waals surface area contributed by atoms with Crippen LogP contribution in [0.3, 0.4) is 0 Å². The summed E-state index contributed by atoms with van der Waals surface area (Å²) in [6.45, 7) is 8.17. The second-order valence-electron chi connectivity index (χ2n) is 5.26. The minimum absolute atomic E-state index is 0. The number of nitrogens with zero attached hydrogens (tertiary/aromatic N) is 1. The van der Waals surface area contributed by atoms with E-state index in [1.807, 2.05) is 19.1 Å². The molecule has 0 aliphatic rings. The van der Waals surface area contributed by atoms with Gasteiger partial charge in [-0.15, -0.1) is 0 Å². The Kier molecular flexibility index (Phi) is 7.89. The molecule has 0 saturated heterocycles. The third-order valence-corrected chi connectivity index (χ3v) is 3.94. The molecule has 130 valence electrons. The van der Waals surface area contributed by atoms with Crippen LogP contribution >= 0.6 is 11.6 Å². The minimum Gasteiger partial charge on any atom is -1.00 e. The Morgan fingerprint density at radius 3 is 2.21 bits per heavy atom. The molecule has 0 atom stereocenters. The average Bonchev–Trinajstić information content (AvgIpc) is 2.53. The lowest BCUT2D eigenvalue weighted by Crippen LogP contribution is -3.00. The van der Waals surface area contributed by atoms with Gasteiger partial charge in [-0.25, -0.2) is 4.79 Å². The molecule has 0 unspecified atom stereocenters. The fourth-order valence-corrected chi connectivity index (χ4v) is 2.52. The number of anilines is 3. The van der Waals surface area contributed by atoms with Gasteiger partial charge in [0.2, 0.25) is 0 Å². The molecule has 0 bridgehead atoms. The molecule has 2 aromatic carbocycles. The van der Waals surface area contributed by atoms with Crippen molar-refractivity contribution in [1.82, 2.24) is 0 Å². The molecule has 0 spiro atoms. The van der Waals surface area contributed by atoms with Gasteiger partial charge in [0.15, 0.2) is 0 Å². The molecule has 2 aromatic rings. The Morgan fingerprint density at radius 2 is 1.67 bits per heavy atom. The minimum atomic E-state index is -0.272. The van der Waals surface area contributed by atoms with Crippen molar-refractivity contribution in [2.45, 2.75) is 20.8 Å². The summed E-state index contributed by atoms with van der Waals surface area (Å²) >= 11 is 5.83. The molecule has 0 saturated carbocycles. The molecule has 0 fully saturated rings. The number of rotatable bonds is 5. The van der Waals surface area contributed by atoms with E-state index < -0.39 is 0 Å². The van der Waals surface area contributed by atoms with E-state index in [1.54, 1.807) is 24.3 Å². The van der Waals surface area contributed by atoms with E-state index in [1.165, 1.54) is 0 Å². The first-order chi connectivity index (χ1) is 11.0. The fraction of sp³-hybridized carbons (Fsp3) is 0.278. The summed E-state index contributed by atoms with van der Waals surface area (Å²) < 4.78 is 0. The molecule has 0 aliphatic carbocycles. The van der Waals surface area contributed by atoms with E-state index in [0.717, 1.165) is 30.0 Å². The molecule has 24 heavy (non-hydrogen) atoms. The van der Waals surface area contributed by atoms with Crippen LogP contribution in [0.5, 0.6) is 0 Å². The van der Waals surface area contributed by atoms with Crippen LogP contribution in [-0.4, -0.2) is 19.1 Å². The zero-order valence-electron chi connectivity index (χ0n) is 14.1. The summed E-state index contributed by atoms with van der Waals surface area (Å²) in [7, 11) is 0. The fourth-order valence-electron chi connectivity index (χ4n) is 2.39. The van der Waals surface area contributed by atoms with Crippen LogP contribution in [0.1, 0.15) is 19.4 Å². The third kappa shape index (κ3) is 5.32. The Balaban J connectivity index is 0.00000288. The van der Waals surface area contributed by atoms with Crippen molar-refractivity contribution >= 4 is 34.7 Å². The first-order valence-electron chi connectivity index (χ1n) is 7.72. The Hall–Kier alpha value is -1.91. The molecular formula is C18H22Cl2N3O-. The van der Waals surface area contributed by atoms with Gasteiger partial charge in [0.05, 0.1) is 0 Å². The number of amides is 2. The zero-order valence-corrected chi connectivity index (χ0v) is 15.6. The van der Waals surface area contributed by atoms with Gasteiger partial charge in [0, 0.05) is 35.2 Å². The Labute approximate surface area is 154 Å². The molecule has 0 heterocycles. The second-order valence-corrected chi connectivity index (χ2v) is 5.69. The maximum Gasteiger partial charge on any atom is 0.323 e. The maximum atomic E-state index is 12.1. The maximum absolute atomic E-state index is 12.1. The highest BCUT2D eigenvalue weighted by Crippen LogP contribution is 2.23. The van der Waals surface area contributed by atoms with Crippen LogP contribution in [-0.2, 0) is 0 Å². The molecule has 2 N–H and O–H groups in total. The first kappa shape index (κ1) is 20.1. The van der Waals surface area contributed by atoms with Gasteiger partial charge in [-0.3, -0.25) is 0 Å². The smallest absolute Gasteiger partial charge is 0.323 e. The van der Waals surface area contributed by atoms with Crippen LogP contribution in [0.2, 0.25) is 5.02 Å². The van der Waals surface area contributed by atoms with Gasteiger partial charge in [-0.2, -0.15) is 0 Å². The molecule has 0 aromatic heterocycles. The van der Waals surface area contributed by atoms with Crippen molar-refractivity contribution in [3.63, 3.8) is 0 Å². The van der Waals surface area contributed by atoms with Crippen LogP contribution < -0.4 is 27.9 Å². The number of nitrogens with one attached hydrogen (secondary N) is 2. The normalized spacial score (nSPS) is 9.83. The molecule has 4 nitrogen and oxygen atoms in total. The highest BCUT2D eigenvalue weighted by atomic mass is 35.5. The lowest BCUT2D eigenvalue weighted by atomic mass is 10.1. The van der Waals surface area contributed by atoms with Gasteiger partial charge < -0.3 is 27.9 Å². The summed E-state index contributed by atoms with van der Waals surface area (Å²) in [4.78, 5) is 14.4. The van der Waals surface area contributed by atoms with E-state index in [0.29, 0.717) is 10.7 Å². The van der Waals surface area contributed by atoms with Gasteiger partial charge in [-0.05, 0) is 68.8 Å². The van der Waals surface area contributed by atoms with Crippen molar-refractivity contribution in [3.8, 4) is 0 Å². The standard InChI is InChI=1S/C18H22ClN3O.ClH/c1-4-22(5-2)16-10-11-17(13(3)12-16)21-18(23)20-15-8-6-14(19)7-9-15;/h6-12H,4-5H2,1-3H3,(H2,20,21,23);1H/p-1. The lowest BCUT2D eigenvalue weighted by Gasteiger charge is -2.22. The monoisotopic (exact) mass is 366 g/mol. The summed E-state index contributed by atoms with van der Waals surface area (Å²) in [5.74, 6) is 0. The Bertz CT molecular complexity index is 670. The number of urea groups is 1. The van der Waals surface area contributed by atoms with E-state index in [9.17, 15) is 4.79 Å². The molecule has 2 rings (SSSR count). The molecule has 0 aliphatic heterocycles. The summed E-state index contributed by atoms with van der Waals surface area (Å²) in [6.07, 6.45) is 0. The van der Waals surface area contributed by atoms with E-state index in [-0.39, 0.29) is 18.4 Å². The summed E-state index contributed by atoms with van der Waals surface area (Å²) in [6, 6.07) is 12.8. The van der Waals surface area contributed by atoms with E-state index >= 15 is 0 Å². The molecule has 6 heteroatoms. The SMILES string of the molecule is CCN(CC)c1ccc(NC(=O)Nc2ccc(Cl)cc2)c(C)c1.[Cl-]. The van der Waals surface area contributed by atoms with Crippen molar-refractivity contribution < 1.29 is 17.2 Å². The highest BCUT2D eigenvalue weighted by Gasteiger charge is 2.08. The third-order valence-electron chi connectivity index (χ3n) is 3.69. The van der Waals surface area contributed by atoms with Crippen LogP contribution in [0.25, 0.3) is 0 Å². The number of halogens is 2. The van der Waals surface area contributed by atoms with Gasteiger partial charge in [0.1, 0.15) is 0 Å². The van der Waals surface area contributed by atoms with E-state index in [2.05, 4.69) is 35.4 Å². The van der Waals surface area contributed by atoms with Crippen molar-refractivity contribution in [2.24, 2.45) is 0 Å². The predicted molar refractivity (Wildman–Crippen MR) is 98.8 cm³/mol. The van der Waals surface area contributed by atoms with Crippen LogP contribution in [0.4, 0.5) is 21.9 Å². The summed E-state index contributed by atoms with van der Waals surface area (Å²) in [5.41, 5.74) is 3.69. The molecular weight excluding hydrogens is 345 g/mol. The first-order valence-corrected chi connectivity index (χ1v) is 8.10. The summed E-state index contributed by atoms with van der Waals surface area (Å²) in [5, 5.41) is 6.30. The number of hydrogen-bond donors (Lipinski definition) is 2. The number of hydrogen-bond acceptors (Lipinski definition) is 2. The van der Waals surface area contributed by atoms with Gasteiger partial charge in [-0.1, -0.05) is 11.6 Å². The highest BCUT2D eigenvalue weighted by molar-refractivity contribution is 6.30. The predicted octanol–water partition coefficient (Wildman–Crippen LogP) is 2.14. The van der Waals surface area contributed by atoms with Crippen LogP contribution in [0.15, 0.2) is 42.5 Å². The van der Waals surface area contributed by atoms with Crippen molar-refractivity contribution in [2.75, 3.05) is 28.6 Å². The molecule has 0 radical (unpaired) electrons. The number of benzene rings is 2. The van der Waals surface area contributed by atoms with Gasteiger partial charge >= 0.3 is 6.03 Å².